The summed E-state index contributed by atoms with van der Waals surface area (Å²) in [6.45, 7) is 0.844. The molecule has 2 fully saturated rings. The monoisotopic (exact) mass is 389 g/mol. The van der Waals surface area contributed by atoms with Crippen LogP contribution in [0.15, 0.2) is 29.4 Å². The van der Waals surface area contributed by atoms with Gasteiger partial charge in [-0.2, -0.15) is 0 Å². The predicted octanol–water partition coefficient (Wildman–Crippen LogP) is 3.07. The predicted molar refractivity (Wildman–Crippen MR) is 103 cm³/mol. The van der Waals surface area contributed by atoms with Gasteiger partial charge < -0.3 is 10.7 Å². The molecule has 27 heavy (non-hydrogen) atoms. The van der Waals surface area contributed by atoms with Gasteiger partial charge >= 0.3 is 0 Å². The lowest BCUT2D eigenvalue weighted by molar-refractivity contribution is -0.134. The zero-order valence-corrected chi connectivity index (χ0v) is 16.0. The number of fused-ring (bicyclic) bond motifs is 1. The molecule has 0 radical (unpaired) electrons. The number of carbonyl (C=O) groups is 1. The van der Waals surface area contributed by atoms with Crippen molar-refractivity contribution in [3.63, 3.8) is 0 Å². The highest BCUT2D eigenvalue weighted by atomic mass is 32.2. The Morgan fingerprint density at radius 3 is 2.81 bits per heavy atom. The van der Waals surface area contributed by atoms with E-state index in [2.05, 4.69) is 15.1 Å². The van der Waals surface area contributed by atoms with Crippen LogP contribution < -0.4 is 5.84 Å². The van der Waals surface area contributed by atoms with Gasteiger partial charge in [-0.15, -0.1) is 10.2 Å². The molecule has 2 aromatic rings. The third-order valence-electron chi connectivity index (χ3n) is 5.67. The summed E-state index contributed by atoms with van der Waals surface area (Å²) in [6.07, 6.45) is 7.18. The topological polar surface area (TPSA) is 77.0 Å². The number of nitrogens with two attached hydrogens (primary N) is 1. The summed E-state index contributed by atoms with van der Waals surface area (Å²) in [7, 11) is 0. The van der Waals surface area contributed by atoms with E-state index in [1.165, 1.54) is 48.2 Å². The Bertz CT molecular complexity index is 824. The molecule has 0 unspecified atom stereocenters. The van der Waals surface area contributed by atoms with Crippen molar-refractivity contribution in [1.29, 1.82) is 0 Å². The van der Waals surface area contributed by atoms with Crippen LogP contribution in [0.3, 0.4) is 0 Å². The molecule has 1 saturated carbocycles. The van der Waals surface area contributed by atoms with Crippen LogP contribution in [-0.4, -0.2) is 44.0 Å². The van der Waals surface area contributed by atoms with E-state index < -0.39 is 5.82 Å². The molecule has 2 heterocycles. The SMILES string of the molecule is Nn1c(SCC(=O)N2CCC[C@@H]3CCCC[C@@H]32)nnc1-c1ccccc1F. The molecule has 1 aromatic heterocycles. The first kappa shape index (κ1) is 18.3. The van der Waals surface area contributed by atoms with E-state index in [9.17, 15) is 9.18 Å². The first-order valence-corrected chi connectivity index (χ1v) is 10.5. The quantitative estimate of drug-likeness (QED) is 0.642. The van der Waals surface area contributed by atoms with Crippen LogP contribution in [0.5, 0.6) is 0 Å². The highest BCUT2D eigenvalue weighted by Crippen LogP contribution is 2.35. The standard InChI is InChI=1S/C19H24FN5OS/c20-15-9-3-2-8-14(15)18-22-23-19(25(18)21)27-12-17(26)24-11-5-7-13-6-1-4-10-16(13)24/h2-3,8-9,13,16H,1,4-7,10-12,21H2/t13-,16-/m0/s1. The number of benzene rings is 1. The van der Waals surface area contributed by atoms with E-state index >= 15 is 0 Å². The summed E-state index contributed by atoms with van der Waals surface area (Å²) in [5.41, 5.74) is 0.298. The number of hydrogen-bond donors (Lipinski definition) is 1. The van der Waals surface area contributed by atoms with Gasteiger partial charge in [-0.1, -0.05) is 36.7 Å². The molecule has 0 spiro atoms. The molecule has 2 aliphatic rings. The van der Waals surface area contributed by atoms with E-state index in [1.807, 2.05) is 0 Å². The van der Waals surface area contributed by atoms with Crippen LogP contribution >= 0.6 is 11.8 Å². The fourth-order valence-electron chi connectivity index (χ4n) is 4.35. The number of rotatable bonds is 4. The summed E-state index contributed by atoms with van der Waals surface area (Å²) >= 11 is 1.26. The van der Waals surface area contributed by atoms with Gasteiger partial charge in [0.15, 0.2) is 5.82 Å². The van der Waals surface area contributed by atoms with Gasteiger partial charge in [0.25, 0.3) is 0 Å². The Labute approximate surface area is 162 Å². The molecule has 2 N–H and O–H groups in total. The molecule has 6 nitrogen and oxygen atoms in total. The van der Waals surface area contributed by atoms with Gasteiger partial charge in [0.1, 0.15) is 5.82 Å². The lowest BCUT2D eigenvalue weighted by atomic mass is 9.78. The second-order valence-electron chi connectivity index (χ2n) is 7.29. The van der Waals surface area contributed by atoms with Gasteiger partial charge in [-0.3, -0.25) is 4.79 Å². The Morgan fingerprint density at radius 2 is 1.96 bits per heavy atom. The van der Waals surface area contributed by atoms with Crippen molar-refractivity contribution in [2.45, 2.75) is 49.7 Å². The number of amides is 1. The molecular formula is C19H24FN5OS. The summed E-state index contributed by atoms with van der Waals surface area (Å²) in [5.74, 6) is 6.97. The zero-order chi connectivity index (χ0) is 18.8. The third kappa shape index (κ3) is 3.67. The van der Waals surface area contributed by atoms with Gasteiger partial charge in [0, 0.05) is 12.6 Å². The molecule has 1 aromatic carbocycles. The van der Waals surface area contributed by atoms with Crippen LogP contribution in [0.2, 0.25) is 0 Å². The van der Waals surface area contributed by atoms with Gasteiger partial charge in [-0.05, 0) is 43.7 Å². The highest BCUT2D eigenvalue weighted by Gasteiger charge is 2.35. The molecule has 1 amide bonds. The molecule has 1 aliphatic heterocycles. The lowest BCUT2D eigenvalue weighted by Crippen LogP contribution is -2.50. The third-order valence-corrected chi connectivity index (χ3v) is 6.60. The summed E-state index contributed by atoms with van der Waals surface area (Å²) in [6, 6.07) is 6.70. The number of thioether (sulfide) groups is 1. The minimum absolute atomic E-state index is 0.132. The van der Waals surface area contributed by atoms with Crippen molar-refractivity contribution >= 4 is 17.7 Å². The maximum atomic E-state index is 14.0. The van der Waals surface area contributed by atoms with Crippen molar-refractivity contribution < 1.29 is 9.18 Å². The van der Waals surface area contributed by atoms with Crippen molar-refractivity contribution in [1.82, 2.24) is 19.8 Å². The zero-order valence-electron chi connectivity index (χ0n) is 15.2. The fraction of sp³-hybridized carbons (Fsp3) is 0.526. The van der Waals surface area contributed by atoms with Crippen LogP contribution in [0.4, 0.5) is 4.39 Å². The Morgan fingerprint density at radius 1 is 1.19 bits per heavy atom. The largest absolute Gasteiger partial charge is 0.339 e. The molecule has 1 saturated heterocycles. The smallest absolute Gasteiger partial charge is 0.233 e. The van der Waals surface area contributed by atoms with Gasteiger partial charge in [-0.25, -0.2) is 9.07 Å². The van der Waals surface area contributed by atoms with Crippen LogP contribution in [0, 0.1) is 11.7 Å². The maximum absolute atomic E-state index is 14.0. The second-order valence-corrected chi connectivity index (χ2v) is 8.23. The first-order valence-electron chi connectivity index (χ1n) is 9.53. The van der Waals surface area contributed by atoms with E-state index in [0.29, 0.717) is 22.7 Å². The number of nitrogens with zero attached hydrogens (tertiary/aromatic N) is 4. The van der Waals surface area contributed by atoms with Crippen LogP contribution in [-0.2, 0) is 4.79 Å². The number of carbonyl (C=O) groups excluding carboxylic acids is 1. The molecule has 4 rings (SSSR count). The van der Waals surface area contributed by atoms with Crippen molar-refractivity contribution in [3.8, 4) is 11.4 Å². The second kappa shape index (κ2) is 7.88. The van der Waals surface area contributed by atoms with Crippen molar-refractivity contribution in [2.24, 2.45) is 5.92 Å². The molecular weight excluding hydrogens is 365 g/mol. The van der Waals surface area contributed by atoms with E-state index in [-0.39, 0.29) is 17.5 Å². The summed E-state index contributed by atoms with van der Waals surface area (Å²) in [4.78, 5) is 14.9. The van der Waals surface area contributed by atoms with Gasteiger partial charge in [0.05, 0.1) is 11.3 Å². The van der Waals surface area contributed by atoms with Crippen LogP contribution in [0.1, 0.15) is 38.5 Å². The Kier molecular flexibility index (Phi) is 5.33. The molecule has 144 valence electrons. The summed E-state index contributed by atoms with van der Waals surface area (Å²) in [5, 5.41) is 8.47. The van der Waals surface area contributed by atoms with Crippen molar-refractivity contribution in [3.05, 3.63) is 30.1 Å². The van der Waals surface area contributed by atoms with E-state index in [0.717, 1.165) is 19.4 Å². The molecule has 1 aliphatic carbocycles. The number of nitrogen functional groups attached to an aromatic ring is 1. The number of likely N-dealkylation sites (tertiary alicyclic amines) is 1. The number of aromatic nitrogens is 3. The Hall–Kier alpha value is -2.09. The van der Waals surface area contributed by atoms with Gasteiger partial charge in [0.2, 0.25) is 11.1 Å². The Balaban J connectivity index is 1.43. The number of piperidine rings is 1. The van der Waals surface area contributed by atoms with Crippen LogP contribution in [0.25, 0.3) is 11.4 Å². The molecule has 8 heteroatoms. The van der Waals surface area contributed by atoms with E-state index in [1.54, 1.807) is 18.2 Å². The normalized spacial score (nSPS) is 22.5. The lowest BCUT2D eigenvalue weighted by Gasteiger charge is -2.44. The fourth-order valence-corrected chi connectivity index (χ4v) is 5.09. The highest BCUT2D eigenvalue weighted by molar-refractivity contribution is 7.99. The van der Waals surface area contributed by atoms with E-state index in [4.69, 9.17) is 5.84 Å². The average Bonchev–Trinajstić information content (AvgIpc) is 3.06. The average molecular weight is 390 g/mol. The minimum Gasteiger partial charge on any atom is -0.339 e. The molecule has 2 atom stereocenters. The number of hydrogen-bond acceptors (Lipinski definition) is 5. The molecule has 0 bridgehead atoms. The minimum atomic E-state index is -0.402. The maximum Gasteiger partial charge on any atom is 0.233 e. The summed E-state index contributed by atoms with van der Waals surface area (Å²) < 4.78 is 15.2. The number of halogens is 1. The first-order chi connectivity index (χ1) is 13.1. The van der Waals surface area contributed by atoms with Crippen molar-refractivity contribution in [2.75, 3.05) is 18.1 Å².